The molecule has 7 heteroatoms. The molecule has 0 aliphatic carbocycles. The first-order valence-electron chi connectivity index (χ1n) is 6.91. The molecule has 0 radical (unpaired) electrons. The fourth-order valence-electron chi connectivity index (χ4n) is 2.12. The van der Waals surface area contributed by atoms with E-state index in [1.165, 1.54) is 0 Å². The van der Waals surface area contributed by atoms with E-state index >= 15 is 0 Å². The highest BCUT2D eigenvalue weighted by Gasteiger charge is 2.08. The molecule has 3 rings (SSSR count). The lowest BCUT2D eigenvalue weighted by Gasteiger charge is -2.04. The molecule has 23 heavy (non-hydrogen) atoms. The van der Waals surface area contributed by atoms with Crippen molar-refractivity contribution in [2.24, 2.45) is 0 Å². The second kappa shape index (κ2) is 7.51. The Labute approximate surface area is 140 Å². The number of anilines is 2. The molecule has 0 bridgehead atoms. The molecule has 3 N–H and O–H groups in total. The third kappa shape index (κ3) is 3.92. The Morgan fingerprint density at radius 2 is 1.91 bits per heavy atom. The van der Waals surface area contributed by atoms with E-state index in [0.717, 1.165) is 17.0 Å². The highest BCUT2D eigenvalue weighted by atomic mass is 35.5. The predicted octanol–water partition coefficient (Wildman–Crippen LogP) is 2.89. The molecule has 1 aromatic heterocycles. The van der Waals surface area contributed by atoms with Gasteiger partial charge in [-0.15, -0.1) is 17.5 Å². The summed E-state index contributed by atoms with van der Waals surface area (Å²) >= 11 is 0. The molecule has 120 valence electrons. The first kappa shape index (κ1) is 16.6. The predicted molar refractivity (Wildman–Crippen MR) is 93.3 cm³/mol. The van der Waals surface area contributed by atoms with Crippen LogP contribution in [0.4, 0.5) is 11.9 Å². The van der Waals surface area contributed by atoms with Crippen molar-refractivity contribution in [3.05, 3.63) is 60.2 Å². The van der Waals surface area contributed by atoms with Crippen molar-refractivity contribution in [2.45, 2.75) is 6.54 Å². The van der Waals surface area contributed by atoms with Crippen LogP contribution in [0.25, 0.3) is 5.69 Å². The number of nitrogen functional groups attached to an aromatic ring is 1. The number of benzene rings is 2. The van der Waals surface area contributed by atoms with Gasteiger partial charge >= 0.3 is 0 Å². The zero-order valence-electron chi connectivity index (χ0n) is 12.6. The molecule has 3 aromatic rings. The maximum absolute atomic E-state index is 5.92. The molecule has 0 aliphatic rings. The molecule has 0 unspecified atom stereocenters. The van der Waals surface area contributed by atoms with Crippen LogP contribution in [0.5, 0.6) is 5.75 Å². The zero-order chi connectivity index (χ0) is 15.4. The molecule has 6 nitrogen and oxygen atoms in total. The summed E-state index contributed by atoms with van der Waals surface area (Å²) in [7, 11) is 1.65. The molecular formula is C16H18ClN5O. The number of rotatable bonds is 5. The molecule has 0 aliphatic heterocycles. The topological polar surface area (TPSA) is 78.0 Å². The van der Waals surface area contributed by atoms with Crippen LogP contribution in [-0.4, -0.2) is 21.9 Å². The standard InChI is InChI=1S/C16H17N5O.ClH/c1-22-14-9-5-6-12(10-14)11-18-16-19-15(17)21(20-16)13-7-3-2-4-8-13;/h2-10H,11H2,1H3,(H3,17,18,19,20);1H. The van der Waals surface area contributed by atoms with Crippen molar-refractivity contribution in [3.8, 4) is 11.4 Å². The van der Waals surface area contributed by atoms with Gasteiger partial charge in [0.1, 0.15) is 5.75 Å². The number of ether oxygens (including phenoxy) is 1. The van der Waals surface area contributed by atoms with E-state index in [1.807, 2.05) is 54.6 Å². The van der Waals surface area contributed by atoms with E-state index in [1.54, 1.807) is 11.8 Å². The van der Waals surface area contributed by atoms with Gasteiger partial charge in [0, 0.05) is 6.54 Å². The van der Waals surface area contributed by atoms with Crippen LogP contribution in [0.15, 0.2) is 54.6 Å². The molecular weight excluding hydrogens is 314 g/mol. The summed E-state index contributed by atoms with van der Waals surface area (Å²) in [6, 6.07) is 17.5. The highest BCUT2D eigenvalue weighted by Crippen LogP contribution is 2.16. The average Bonchev–Trinajstić information content (AvgIpc) is 2.95. The molecule has 0 saturated carbocycles. The first-order chi connectivity index (χ1) is 10.8. The largest absolute Gasteiger partial charge is 0.497 e. The number of hydrogen-bond donors (Lipinski definition) is 2. The third-order valence-corrected chi connectivity index (χ3v) is 3.22. The summed E-state index contributed by atoms with van der Waals surface area (Å²) in [5.74, 6) is 1.66. The minimum absolute atomic E-state index is 0. The molecule has 0 saturated heterocycles. The molecule has 0 amide bonds. The minimum Gasteiger partial charge on any atom is -0.497 e. The van der Waals surface area contributed by atoms with Gasteiger partial charge in [-0.1, -0.05) is 30.3 Å². The van der Waals surface area contributed by atoms with E-state index in [2.05, 4.69) is 15.4 Å². The Bertz CT molecular complexity index is 760. The van der Waals surface area contributed by atoms with Gasteiger partial charge in [-0.05, 0) is 29.8 Å². The average molecular weight is 332 g/mol. The van der Waals surface area contributed by atoms with Crippen LogP contribution in [-0.2, 0) is 6.54 Å². The molecule has 1 heterocycles. The van der Waals surface area contributed by atoms with Gasteiger partial charge in [0.05, 0.1) is 12.8 Å². The number of nitrogens with zero attached hydrogens (tertiary/aromatic N) is 3. The Morgan fingerprint density at radius 1 is 1.13 bits per heavy atom. The minimum atomic E-state index is 0. The monoisotopic (exact) mass is 331 g/mol. The number of nitrogens with one attached hydrogen (secondary N) is 1. The lowest BCUT2D eigenvalue weighted by atomic mass is 10.2. The van der Waals surface area contributed by atoms with Gasteiger partial charge in [-0.2, -0.15) is 9.67 Å². The summed E-state index contributed by atoms with van der Waals surface area (Å²) in [6.07, 6.45) is 0. The first-order valence-corrected chi connectivity index (χ1v) is 6.91. The fourth-order valence-corrected chi connectivity index (χ4v) is 2.12. The Balaban J connectivity index is 0.00000192. The number of aromatic nitrogens is 3. The summed E-state index contributed by atoms with van der Waals surface area (Å²) in [6.45, 7) is 0.593. The second-order valence-corrected chi connectivity index (χ2v) is 4.75. The van der Waals surface area contributed by atoms with Gasteiger partial charge in [-0.25, -0.2) is 0 Å². The molecule has 0 atom stereocenters. The van der Waals surface area contributed by atoms with E-state index in [9.17, 15) is 0 Å². The van der Waals surface area contributed by atoms with E-state index in [-0.39, 0.29) is 12.4 Å². The lowest BCUT2D eigenvalue weighted by molar-refractivity contribution is 0.414. The van der Waals surface area contributed by atoms with Crippen molar-refractivity contribution < 1.29 is 4.74 Å². The van der Waals surface area contributed by atoms with Gasteiger partial charge in [0.25, 0.3) is 0 Å². The van der Waals surface area contributed by atoms with Crippen LogP contribution >= 0.6 is 12.4 Å². The van der Waals surface area contributed by atoms with E-state index in [0.29, 0.717) is 18.4 Å². The van der Waals surface area contributed by atoms with E-state index in [4.69, 9.17) is 10.5 Å². The summed E-state index contributed by atoms with van der Waals surface area (Å²) < 4.78 is 6.81. The Kier molecular flexibility index (Phi) is 5.43. The Morgan fingerprint density at radius 3 is 2.65 bits per heavy atom. The number of hydrogen-bond acceptors (Lipinski definition) is 5. The van der Waals surface area contributed by atoms with Crippen molar-refractivity contribution in [1.82, 2.24) is 14.8 Å². The number of halogens is 1. The van der Waals surface area contributed by atoms with Gasteiger partial charge in [-0.3, -0.25) is 0 Å². The highest BCUT2D eigenvalue weighted by molar-refractivity contribution is 5.85. The van der Waals surface area contributed by atoms with Crippen LogP contribution in [0.3, 0.4) is 0 Å². The molecule has 0 spiro atoms. The van der Waals surface area contributed by atoms with Crippen LogP contribution in [0, 0.1) is 0 Å². The number of nitrogens with two attached hydrogens (primary N) is 1. The maximum Gasteiger partial charge on any atom is 0.244 e. The number of methoxy groups -OCH3 is 1. The lowest BCUT2D eigenvalue weighted by Crippen LogP contribution is -2.03. The van der Waals surface area contributed by atoms with Crippen LogP contribution in [0.1, 0.15) is 5.56 Å². The van der Waals surface area contributed by atoms with Crippen LogP contribution < -0.4 is 15.8 Å². The smallest absolute Gasteiger partial charge is 0.244 e. The SMILES string of the molecule is COc1cccc(CNc2nc(N)n(-c3ccccc3)n2)c1.Cl. The van der Waals surface area contributed by atoms with Crippen molar-refractivity contribution in [2.75, 3.05) is 18.2 Å². The summed E-state index contributed by atoms with van der Waals surface area (Å²) in [5, 5.41) is 7.54. The Hall–Kier alpha value is -2.73. The number of para-hydroxylation sites is 1. The van der Waals surface area contributed by atoms with Gasteiger partial charge in [0.2, 0.25) is 11.9 Å². The summed E-state index contributed by atoms with van der Waals surface area (Å²) in [5.41, 5.74) is 7.87. The maximum atomic E-state index is 5.92. The van der Waals surface area contributed by atoms with Crippen molar-refractivity contribution in [1.29, 1.82) is 0 Å². The molecule has 2 aromatic carbocycles. The quantitative estimate of drug-likeness (QED) is 0.751. The van der Waals surface area contributed by atoms with Crippen LogP contribution in [0.2, 0.25) is 0 Å². The normalized spacial score (nSPS) is 9.96. The zero-order valence-corrected chi connectivity index (χ0v) is 13.5. The van der Waals surface area contributed by atoms with Gasteiger partial charge in [0.15, 0.2) is 0 Å². The van der Waals surface area contributed by atoms with Crippen molar-refractivity contribution >= 4 is 24.3 Å². The fraction of sp³-hybridized carbons (Fsp3) is 0.125. The second-order valence-electron chi connectivity index (χ2n) is 4.75. The third-order valence-electron chi connectivity index (χ3n) is 3.22. The van der Waals surface area contributed by atoms with E-state index < -0.39 is 0 Å². The van der Waals surface area contributed by atoms with Gasteiger partial charge < -0.3 is 15.8 Å². The molecule has 0 fully saturated rings. The van der Waals surface area contributed by atoms with Crippen molar-refractivity contribution in [3.63, 3.8) is 0 Å². The summed E-state index contributed by atoms with van der Waals surface area (Å²) in [4.78, 5) is 4.23.